The molecule has 0 aromatic carbocycles. The predicted octanol–water partition coefficient (Wildman–Crippen LogP) is 1.22. The van der Waals surface area contributed by atoms with E-state index in [0.717, 1.165) is 23.6 Å². The summed E-state index contributed by atoms with van der Waals surface area (Å²) in [5, 5.41) is 14.3. The van der Waals surface area contributed by atoms with Crippen LogP contribution in [0.25, 0.3) is 0 Å². The van der Waals surface area contributed by atoms with Crippen LogP contribution in [0.5, 0.6) is 0 Å². The van der Waals surface area contributed by atoms with Gasteiger partial charge in [-0.2, -0.15) is 5.10 Å². The predicted molar refractivity (Wildman–Crippen MR) is 64.5 cm³/mol. The first-order chi connectivity index (χ1) is 8.13. The summed E-state index contributed by atoms with van der Waals surface area (Å²) >= 11 is 0. The third kappa shape index (κ3) is 2.24. The number of rotatable bonds is 4. The van der Waals surface area contributed by atoms with E-state index in [2.05, 4.69) is 17.0 Å². The molecular weight excluding hydrogens is 216 g/mol. The highest BCUT2D eigenvalue weighted by molar-refractivity contribution is 5.20. The Kier molecular flexibility index (Phi) is 3.28. The molecule has 0 aliphatic heterocycles. The van der Waals surface area contributed by atoms with Crippen LogP contribution in [0, 0.1) is 6.92 Å². The number of hydrogen-bond acceptors (Lipinski definition) is 3. The normalized spacial score (nSPS) is 12.9. The summed E-state index contributed by atoms with van der Waals surface area (Å²) in [4.78, 5) is 4.26. The Hall–Kier alpha value is -1.62. The number of aromatic nitrogens is 4. The summed E-state index contributed by atoms with van der Waals surface area (Å²) in [6.07, 6.45) is 5.39. The lowest BCUT2D eigenvalue weighted by Crippen LogP contribution is -2.09. The minimum absolute atomic E-state index is 0.521. The average molecular weight is 234 g/mol. The topological polar surface area (TPSA) is 55.9 Å². The van der Waals surface area contributed by atoms with Gasteiger partial charge >= 0.3 is 0 Å². The molecule has 0 spiro atoms. The van der Waals surface area contributed by atoms with Crippen molar-refractivity contribution in [1.82, 2.24) is 19.3 Å². The van der Waals surface area contributed by atoms with Crippen LogP contribution >= 0.6 is 0 Å². The Morgan fingerprint density at radius 1 is 1.47 bits per heavy atom. The summed E-state index contributed by atoms with van der Waals surface area (Å²) in [6, 6.07) is 0. The van der Waals surface area contributed by atoms with E-state index in [-0.39, 0.29) is 0 Å². The summed E-state index contributed by atoms with van der Waals surface area (Å²) in [5.74, 6) is 0.906. The van der Waals surface area contributed by atoms with E-state index in [9.17, 15) is 5.11 Å². The molecule has 0 aliphatic rings. The molecule has 0 saturated heterocycles. The molecule has 92 valence electrons. The Labute approximate surface area is 101 Å². The summed E-state index contributed by atoms with van der Waals surface area (Å²) in [6.45, 7) is 4.89. The van der Waals surface area contributed by atoms with Gasteiger partial charge in [-0.1, -0.05) is 0 Å². The van der Waals surface area contributed by atoms with Crippen LogP contribution in [-0.4, -0.2) is 24.4 Å². The average Bonchev–Trinajstić information content (AvgIpc) is 2.87. The molecule has 2 aromatic rings. The third-order valence-electron chi connectivity index (χ3n) is 3.15. The quantitative estimate of drug-likeness (QED) is 0.865. The monoisotopic (exact) mass is 234 g/mol. The van der Waals surface area contributed by atoms with Crippen LogP contribution in [0.15, 0.2) is 18.6 Å². The molecule has 1 unspecified atom stereocenters. The van der Waals surface area contributed by atoms with Crippen LogP contribution < -0.4 is 0 Å². The maximum atomic E-state index is 10.2. The molecule has 0 radical (unpaired) electrons. The van der Waals surface area contributed by atoms with Gasteiger partial charge in [-0.25, -0.2) is 4.98 Å². The van der Waals surface area contributed by atoms with Crippen molar-refractivity contribution < 1.29 is 5.11 Å². The molecule has 2 heterocycles. The molecule has 1 atom stereocenters. The van der Waals surface area contributed by atoms with Crippen LogP contribution in [0.4, 0.5) is 0 Å². The number of nitrogens with zero attached hydrogens (tertiary/aromatic N) is 4. The third-order valence-corrected chi connectivity index (χ3v) is 3.15. The fraction of sp³-hybridized carbons (Fsp3) is 0.500. The van der Waals surface area contributed by atoms with Crippen LogP contribution in [-0.2, 0) is 20.0 Å². The molecule has 0 saturated carbocycles. The zero-order chi connectivity index (χ0) is 12.4. The smallest absolute Gasteiger partial charge is 0.111 e. The van der Waals surface area contributed by atoms with Crippen LogP contribution in [0.1, 0.15) is 30.1 Å². The van der Waals surface area contributed by atoms with Gasteiger partial charge in [0.2, 0.25) is 0 Å². The maximum Gasteiger partial charge on any atom is 0.111 e. The van der Waals surface area contributed by atoms with Gasteiger partial charge in [-0.3, -0.25) is 4.68 Å². The summed E-state index contributed by atoms with van der Waals surface area (Å²) in [5.41, 5.74) is 1.87. The van der Waals surface area contributed by atoms with Gasteiger partial charge in [0.15, 0.2) is 0 Å². The van der Waals surface area contributed by atoms with Gasteiger partial charge in [0.05, 0.1) is 12.3 Å². The lowest BCUT2D eigenvalue weighted by atomic mass is 10.1. The van der Waals surface area contributed by atoms with Gasteiger partial charge in [0.1, 0.15) is 5.82 Å². The van der Waals surface area contributed by atoms with E-state index < -0.39 is 6.10 Å². The first-order valence-corrected chi connectivity index (χ1v) is 5.80. The van der Waals surface area contributed by atoms with E-state index in [1.807, 2.05) is 24.7 Å². The lowest BCUT2D eigenvalue weighted by Gasteiger charge is -2.11. The largest absolute Gasteiger partial charge is 0.388 e. The van der Waals surface area contributed by atoms with Crippen LogP contribution in [0.2, 0.25) is 0 Å². The van der Waals surface area contributed by atoms with E-state index in [1.165, 1.54) is 0 Å². The number of imidazole rings is 1. The molecule has 0 bridgehead atoms. The van der Waals surface area contributed by atoms with Crippen molar-refractivity contribution in [1.29, 1.82) is 0 Å². The van der Waals surface area contributed by atoms with Crippen LogP contribution in [0.3, 0.4) is 0 Å². The number of hydrogen-bond donors (Lipinski definition) is 1. The van der Waals surface area contributed by atoms with Gasteiger partial charge < -0.3 is 9.67 Å². The SMILES string of the molecule is CCn1ccnc1CC(O)c1cnn(C)c1C. The number of aliphatic hydroxyl groups excluding tert-OH is 1. The van der Waals surface area contributed by atoms with E-state index in [0.29, 0.717) is 6.42 Å². The Bertz CT molecular complexity index is 500. The number of aliphatic hydroxyl groups is 1. The second-order valence-corrected chi connectivity index (χ2v) is 4.16. The van der Waals surface area contributed by atoms with Gasteiger partial charge in [0, 0.05) is 43.7 Å². The Morgan fingerprint density at radius 3 is 2.82 bits per heavy atom. The molecule has 1 N–H and O–H groups in total. The molecule has 0 aliphatic carbocycles. The molecule has 17 heavy (non-hydrogen) atoms. The molecule has 0 amide bonds. The maximum absolute atomic E-state index is 10.2. The zero-order valence-electron chi connectivity index (χ0n) is 10.5. The van der Waals surface area contributed by atoms with E-state index in [1.54, 1.807) is 17.1 Å². The van der Waals surface area contributed by atoms with Gasteiger partial charge in [-0.05, 0) is 13.8 Å². The van der Waals surface area contributed by atoms with Crippen molar-refractivity contribution in [3.63, 3.8) is 0 Å². The van der Waals surface area contributed by atoms with Gasteiger partial charge in [0.25, 0.3) is 0 Å². The fourth-order valence-corrected chi connectivity index (χ4v) is 1.94. The molecule has 0 fully saturated rings. The summed E-state index contributed by atoms with van der Waals surface area (Å²) < 4.78 is 3.81. The fourth-order valence-electron chi connectivity index (χ4n) is 1.94. The molecular formula is C12H18N4O. The van der Waals surface area contributed by atoms with Crippen molar-refractivity contribution in [2.45, 2.75) is 32.9 Å². The lowest BCUT2D eigenvalue weighted by molar-refractivity contribution is 0.173. The minimum Gasteiger partial charge on any atom is -0.388 e. The molecule has 2 rings (SSSR count). The van der Waals surface area contributed by atoms with Crippen molar-refractivity contribution >= 4 is 0 Å². The standard InChI is InChI=1S/C12H18N4O/c1-4-16-6-5-13-12(16)7-11(17)10-8-14-15(3)9(10)2/h5-6,8,11,17H,4,7H2,1-3H3. The first kappa shape index (κ1) is 11.9. The number of aryl methyl sites for hydroxylation is 2. The second-order valence-electron chi connectivity index (χ2n) is 4.16. The zero-order valence-corrected chi connectivity index (χ0v) is 10.5. The van der Waals surface area contributed by atoms with Gasteiger partial charge in [-0.15, -0.1) is 0 Å². The second kappa shape index (κ2) is 4.71. The molecule has 2 aromatic heterocycles. The first-order valence-electron chi connectivity index (χ1n) is 5.80. The minimum atomic E-state index is -0.545. The van der Waals surface area contributed by atoms with Crippen molar-refractivity contribution in [3.8, 4) is 0 Å². The highest BCUT2D eigenvalue weighted by atomic mass is 16.3. The Balaban J connectivity index is 2.17. The van der Waals surface area contributed by atoms with Crippen molar-refractivity contribution in [2.75, 3.05) is 0 Å². The molecule has 5 heteroatoms. The van der Waals surface area contributed by atoms with E-state index >= 15 is 0 Å². The highest BCUT2D eigenvalue weighted by Crippen LogP contribution is 2.20. The summed E-state index contributed by atoms with van der Waals surface area (Å²) in [7, 11) is 1.87. The van der Waals surface area contributed by atoms with E-state index in [4.69, 9.17) is 0 Å². The van der Waals surface area contributed by atoms with Crippen molar-refractivity contribution in [3.05, 3.63) is 35.7 Å². The Morgan fingerprint density at radius 2 is 2.24 bits per heavy atom. The molecule has 5 nitrogen and oxygen atoms in total. The highest BCUT2D eigenvalue weighted by Gasteiger charge is 2.16. The van der Waals surface area contributed by atoms with Crippen molar-refractivity contribution in [2.24, 2.45) is 7.05 Å².